The summed E-state index contributed by atoms with van der Waals surface area (Å²) in [6, 6.07) is 20.8. The number of aromatic nitrogens is 3. The molecule has 42 heavy (non-hydrogen) atoms. The Bertz CT molecular complexity index is 1800. The van der Waals surface area contributed by atoms with E-state index in [4.69, 9.17) is 20.8 Å². The first-order chi connectivity index (χ1) is 20.2. The molecule has 1 aliphatic heterocycles. The van der Waals surface area contributed by atoms with Crippen molar-refractivity contribution in [3.8, 4) is 17.1 Å². The van der Waals surface area contributed by atoms with E-state index in [2.05, 4.69) is 20.2 Å². The average Bonchev–Trinajstić information content (AvgIpc) is 3.44. The first kappa shape index (κ1) is 28.2. The quantitative estimate of drug-likeness (QED) is 0.117. The fraction of sp³-hybridized carbons (Fsp3) is 0.258. The lowest BCUT2D eigenvalue weighted by Crippen LogP contribution is -2.39. The van der Waals surface area contributed by atoms with Crippen molar-refractivity contribution >= 4 is 41.2 Å². The third-order valence-electron chi connectivity index (χ3n) is 7.54. The molecular weight excluding hydrogens is 573 g/mol. The molecule has 0 atom stereocenters. The summed E-state index contributed by atoms with van der Waals surface area (Å²) < 4.78 is 25.5. The van der Waals surface area contributed by atoms with E-state index in [0.717, 1.165) is 63.8 Å². The summed E-state index contributed by atoms with van der Waals surface area (Å²) in [5.74, 6) is 2.79. The van der Waals surface area contributed by atoms with E-state index in [0.29, 0.717) is 34.5 Å². The van der Waals surface area contributed by atoms with Crippen molar-refractivity contribution in [1.82, 2.24) is 14.9 Å². The van der Waals surface area contributed by atoms with Crippen molar-refractivity contribution in [3.05, 3.63) is 95.2 Å². The lowest BCUT2D eigenvalue weighted by Gasteiger charge is -2.29. The predicted molar refractivity (Wildman–Crippen MR) is 163 cm³/mol. The molecule has 1 fully saturated rings. The van der Waals surface area contributed by atoms with Gasteiger partial charge in [0, 0.05) is 65.8 Å². The number of hydrogen-bond donors (Lipinski definition) is 2. The number of rotatable bonds is 8. The lowest BCUT2D eigenvalue weighted by atomic mass is 10.1. The van der Waals surface area contributed by atoms with E-state index >= 15 is 0 Å². The molecule has 5 aromatic rings. The Hall–Kier alpha value is -3.91. The van der Waals surface area contributed by atoms with Gasteiger partial charge in [0.1, 0.15) is 29.4 Å². The van der Waals surface area contributed by atoms with E-state index in [1.54, 1.807) is 18.2 Å². The zero-order valence-electron chi connectivity index (χ0n) is 23.5. The highest BCUT2D eigenvalue weighted by Gasteiger charge is 2.24. The number of pyridine rings is 1. The second kappa shape index (κ2) is 11.8. The van der Waals surface area contributed by atoms with Crippen LogP contribution in [0, 0.1) is 6.92 Å². The standard InChI is InChI=1S/C31H32ClN5O4P/c1-21-4-3-5-24(37(21)38)19-40-30-10-7-23(17-27(30)32)35-31-26-16-22(6-9-28(26)33-20-34-31)29-11-8-25(41-29)18-36-12-14-42(2,39)15-13-36/h3-11,16-17,20,38H,12-15,18-19H2,1-2H3,(H,33,34,35)/q+1. The van der Waals surface area contributed by atoms with Crippen molar-refractivity contribution in [2.24, 2.45) is 0 Å². The number of halogens is 1. The van der Waals surface area contributed by atoms with E-state index in [1.165, 1.54) is 6.33 Å². The lowest BCUT2D eigenvalue weighted by molar-refractivity contribution is -0.914. The van der Waals surface area contributed by atoms with Gasteiger partial charge >= 0.3 is 0 Å². The number of hydrogen-bond acceptors (Lipinski definition) is 8. The van der Waals surface area contributed by atoms with E-state index in [-0.39, 0.29) is 6.61 Å². The van der Waals surface area contributed by atoms with Gasteiger partial charge in [-0.3, -0.25) is 10.1 Å². The molecule has 11 heteroatoms. The first-order valence-electron chi connectivity index (χ1n) is 13.7. The molecule has 0 saturated carbocycles. The van der Waals surface area contributed by atoms with Gasteiger partial charge in [0.2, 0.25) is 5.69 Å². The smallest absolute Gasteiger partial charge is 0.271 e. The molecule has 2 aromatic carbocycles. The third kappa shape index (κ3) is 6.28. The van der Waals surface area contributed by atoms with Gasteiger partial charge < -0.3 is 19.0 Å². The van der Waals surface area contributed by atoms with Crippen LogP contribution in [0.15, 0.2) is 77.5 Å². The summed E-state index contributed by atoms with van der Waals surface area (Å²) in [4.78, 5) is 11.2. The van der Waals surface area contributed by atoms with Crippen LogP contribution in [0.4, 0.5) is 11.5 Å². The summed E-state index contributed by atoms with van der Waals surface area (Å²) in [7, 11) is -1.96. The molecule has 0 aliphatic carbocycles. The van der Waals surface area contributed by atoms with E-state index in [1.807, 2.05) is 62.1 Å². The van der Waals surface area contributed by atoms with Gasteiger partial charge in [-0.05, 0) is 61.3 Å². The van der Waals surface area contributed by atoms with Gasteiger partial charge in [0.15, 0.2) is 6.61 Å². The van der Waals surface area contributed by atoms with Crippen molar-refractivity contribution in [1.29, 1.82) is 0 Å². The molecule has 4 heterocycles. The number of nitrogens with one attached hydrogen (secondary N) is 1. The van der Waals surface area contributed by atoms with E-state index in [9.17, 15) is 9.77 Å². The number of aryl methyl sites for hydroxylation is 1. The molecule has 0 bridgehead atoms. The molecule has 1 aliphatic rings. The van der Waals surface area contributed by atoms with Gasteiger partial charge in [0.25, 0.3) is 5.69 Å². The minimum absolute atomic E-state index is 0.164. The van der Waals surface area contributed by atoms with Crippen molar-refractivity contribution in [2.75, 3.05) is 37.4 Å². The van der Waals surface area contributed by atoms with Crippen LogP contribution >= 0.6 is 18.7 Å². The third-order valence-corrected chi connectivity index (χ3v) is 10.1. The van der Waals surface area contributed by atoms with Crippen molar-refractivity contribution in [2.45, 2.75) is 20.1 Å². The van der Waals surface area contributed by atoms with Gasteiger partial charge in [-0.25, -0.2) is 9.97 Å². The Morgan fingerprint density at radius 2 is 1.93 bits per heavy atom. The molecule has 6 rings (SSSR count). The fourth-order valence-electron chi connectivity index (χ4n) is 5.00. The largest absolute Gasteiger partial charge is 0.481 e. The number of benzene rings is 2. The Morgan fingerprint density at radius 3 is 2.74 bits per heavy atom. The molecule has 0 spiro atoms. The minimum Gasteiger partial charge on any atom is -0.481 e. The summed E-state index contributed by atoms with van der Waals surface area (Å²) in [5.41, 5.74) is 3.77. The maximum atomic E-state index is 12.3. The molecule has 216 valence electrons. The number of fused-ring (bicyclic) bond motifs is 1. The van der Waals surface area contributed by atoms with Crippen molar-refractivity contribution in [3.63, 3.8) is 0 Å². The minimum atomic E-state index is -1.96. The normalized spacial score (nSPS) is 15.1. The van der Waals surface area contributed by atoms with Gasteiger partial charge in [-0.15, -0.1) is 0 Å². The predicted octanol–water partition coefficient (Wildman–Crippen LogP) is 6.51. The Balaban J connectivity index is 1.17. The Labute approximate surface area is 249 Å². The fourth-order valence-corrected chi connectivity index (χ4v) is 6.87. The average molecular weight is 605 g/mol. The highest BCUT2D eigenvalue weighted by Crippen LogP contribution is 2.43. The van der Waals surface area contributed by atoms with Gasteiger partial charge in [-0.1, -0.05) is 11.6 Å². The van der Waals surface area contributed by atoms with Crippen LogP contribution in [0.25, 0.3) is 22.2 Å². The van der Waals surface area contributed by atoms with Crippen LogP contribution < -0.4 is 14.8 Å². The van der Waals surface area contributed by atoms with Crippen LogP contribution in [-0.4, -0.2) is 52.2 Å². The van der Waals surface area contributed by atoms with Crippen LogP contribution in [0.3, 0.4) is 0 Å². The number of ether oxygens (including phenoxy) is 1. The van der Waals surface area contributed by atoms with Crippen LogP contribution in [0.5, 0.6) is 5.75 Å². The van der Waals surface area contributed by atoms with Crippen LogP contribution in [0.1, 0.15) is 17.1 Å². The summed E-state index contributed by atoms with van der Waals surface area (Å²) in [6.07, 6.45) is 3.05. The molecule has 0 unspecified atom stereocenters. The second-order valence-corrected chi connectivity index (χ2v) is 14.7. The molecule has 9 nitrogen and oxygen atoms in total. The summed E-state index contributed by atoms with van der Waals surface area (Å²) in [6.45, 7) is 6.25. The highest BCUT2D eigenvalue weighted by atomic mass is 35.5. The number of anilines is 2. The molecule has 2 N–H and O–H groups in total. The molecule has 0 radical (unpaired) electrons. The summed E-state index contributed by atoms with van der Waals surface area (Å²) in [5, 5.41) is 14.8. The van der Waals surface area contributed by atoms with Gasteiger partial charge in [0.05, 0.1) is 24.2 Å². The van der Waals surface area contributed by atoms with Crippen LogP contribution in [0.2, 0.25) is 5.02 Å². The van der Waals surface area contributed by atoms with Gasteiger partial charge in [-0.2, -0.15) is 0 Å². The topological polar surface area (TPSA) is 105 Å². The van der Waals surface area contributed by atoms with E-state index < -0.39 is 7.14 Å². The zero-order valence-corrected chi connectivity index (χ0v) is 25.1. The highest BCUT2D eigenvalue weighted by molar-refractivity contribution is 7.63. The SMILES string of the molecule is Cc1cccc(COc2ccc(Nc3ncnc4ccc(-c5ccc(CN6CCP(C)(=O)CC6)o5)cc34)cc2Cl)[n+]1O. The Kier molecular flexibility index (Phi) is 7.90. The second-order valence-electron chi connectivity index (χ2n) is 10.8. The molecule has 1 saturated heterocycles. The number of nitrogens with zero attached hydrogens (tertiary/aromatic N) is 4. The first-order valence-corrected chi connectivity index (χ1v) is 16.7. The maximum Gasteiger partial charge on any atom is 0.271 e. The zero-order chi connectivity index (χ0) is 29.3. The Morgan fingerprint density at radius 1 is 1.10 bits per heavy atom. The molecule has 3 aromatic heterocycles. The molecule has 0 amide bonds. The molecular formula is C31H32ClN5O4P+. The summed E-state index contributed by atoms with van der Waals surface area (Å²) >= 11 is 6.55. The van der Waals surface area contributed by atoms with Crippen molar-refractivity contribution < 1.29 is 23.7 Å². The number of furan rings is 1. The van der Waals surface area contributed by atoms with Crippen LogP contribution in [-0.2, 0) is 17.7 Å². The monoisotopic (exact) mass is 604 g/mol. The maximum absolute atomic E-state index is 12.3.